The van der Waals surface area contributed by atoms with Gasteiger partial charge in [0.25, 0.3) is 5.91 Å². The van der Waals surface area contributed by atoms with Crippen molar-refractivity contribution in [2.24, 2.45) is 0 Å². The van der Waals surface area contributed by atoms with Gasteiger partial charge < -0.3 is 14.5 Å². The molecule has 1 aliphatic heterocycles. The van der Waals surface area contributed by atoms with Crippen molar-refractivity contribution in [2.45, 2.75) is 44.6 Å². The van der Waals surface area contributed by atoms with Gasteiger partial charge in [-0.25, -0.2) is 0 Å². The quantitative estimate of drug-likeness (QED) is 0.781. The number of carbonyl (C=O) groups is 2. The zero-order valence-electron chi connectivity index (χ0n) is 16.9. The molecule has 9 heteroatoms. The summed E-state index contributed by atoms with van der Waals surface area (Å²) in [6.45, 7) is 3.33. The van der Waals surface area contributed by atoms with Crippen LogP contribution in [0.2, 0.25) is 0 Å². The molecule has 1 aliphatic carbocycles. The maximum absolute atomic E-state index is 13.3. The van der Waals surface area contributed by atoms with Crippen molar-refractivity contribution < 1.29 is 14.3 Å². The molecule has 2 amide bonds. The van der Waals surface area contributed by atoms with E-state index in [1.807, 2.05) is 9.80 Å². The van der Waals surface area contributed by atoms with Crippen LogP contribution < -0.4 is 4.74 Å². The molecule has 4 rings (SSSR count). The van der Waals surface area contributed by atoms with E-state index in [2.05, 4.69) is 15.5 Å². The van der Waals surface area contributed by atoms with Crippen molar-refractivity contribution in [3.63, 3.8) is 0 Å². The lowest BCUT2D eigenvalue weighted by Crippen LogP contribution is -2.65. The van der Waals surface area contributed by atoms with Crippen LogP contribution in [-0.2, 0) is 4.79 Å². The Morgan fingerprint density at radius 3 is 2.59 bits per heavy atom. The van der Waals surface area contributed by atoms with Crippen LogP contribution in [0.25, 0.3) is 5.69 Å². The molecule has 1 aromatic heterocycles. The van der Waals surface area contributed by atoms with E-state index in [4.69, 9.17) is 4.74 Å². The monoisotopic (exact) mass is 398 g/mol. The molecule has 1 spiro atoms. The van der Waals surface area contributed by atoms with E-state index in [0.29, 0.717) is 36.6 Å². The zero-order valence-corrected chi connectivity index (χ0v) is 16.9. The van der Waals surface area contributed by atoms with Crippen LogP contribution in [0.5, 0.6) is 5.75 Å². The van der Waals surface area contributed by atoms with E-state index in [1.165, 1.54) is 17.4 Å². The molecule has 9 nitrogen and oxygen atoms in total. The number of rotatable bonds is 3. The lowest BCUT2D eigenvalue weighted by molar-refractivity contribution is -0.141. The summed E-state index contributed by atoms with van der Waals surface area (Å²) in [4.78, 5) is 29.5. The first-order valence-electron chi connectivity index (χ1n) is 10.0. The highest BCUT2D eigenvalue weighted by atomic mass is 16.5. The minimum atomic E-state index is -0.233. The third-order valence-corrected chi connectivity index (χ3v) is 6.12. The SMILES string of the molecule is COc1ccc(C(=O)N2CCN(C(C)=O)C3(CCCCC3)C2)cc1-n1cnnn1. The highest BCUT2D eigenvalue weighted by Crippen LogP contribution is 2.37. The number of piperazine rings is 1. The topological polar surface area (TPSA) is 93.5 Å². The second kappa shape index (κ2) is 7.81. The van der Waals surface area contributed by atoms with Gasteiger partial charge in [0.1, 0.15) is 17.8 Å². The number of benzene rings is 1. The highest BCUT2D eigenvalue weighted by Gasteiger charge is 2.44. The molecule has 0 N–H and O–H groups in total. The molecule has 0 bridgehead atoms. The Labute approximate surface area is 169 Å². The summed E-state index contributed by atoms with van der Waals surface area (Å²) in [5.41, 5.74) is 0.931. The Balaban J connectivity index is 1.61. The lowest BCUT2D eigenvalue weighted by atomic mass is 9.78. The second-order valence-electron chi connectivity index (χ2n) is 7.82. The first kappa shape index (κ1) is 19.4. The summed E-state index contributed by atoms with van der Waals surface area (Å²) in [5, 5.41) is 11.2. The molecule has 0 unspecified atom stereocenters. The van der Waals surface area contributed by atoms with Crippen LogP contribution in [0, 0.1) is 0 Å². The van der Waals surface area contributed by atoms with Crippen LogP contribution in [-0.4, -0.2) is 74.1 Å². The third-order valence-electron chi connectivity index (χ3n) is 6.12. The number of nitrogens with zero attached hydrogens (tertiary/aromatic N) is 6. The van der Waals surface area contributed by atoms with E-state index >= 15 is 0 Å². The first-order valence-corrected chi connectivity index (χ1v) is 10.0. The van der Waals surface area contributed by atoms with Crippen LogP contribution in [0.1, 0.15) is 49.4 Å². The minimum absolute atomic E-state index is 0.0462. The van der Waals surface area contributed by atoms with E-state index in [9.17, 15) is 9.59 Å². The Morgan fingerprint density at radius 2 is 1.93 bits per heavy atom. The first-order chi connectivity index (χ1) is 14.0. The number of aromatic nitrogens is 4. The summed E-state index contributed by atoms with van der Waals surface area (Å²) in [6.07, 6.45) is 6.75. The number of methoxy groups -OCH3 is 1. The Morgan fingerprint density at radius 1 is 1.14 bits per heavy atom. The maximum atomic E-state index is 13.3. The number of hydrogen-bond donors (Lipinski definition) is 0. The number of ether oxygens (including phenoxy) is 1. The normalized spacial score (nSPS) is 18.7. The molecule has 2 aliphatic rings. The van der Waals surface area contributed by atoms with E-state index in [0.717, 1.165) is 25.7 Å². The van der Waals surface area contributed by atoms with Gasteiger partial charge in [0.05, 0.1) is 12.6 Å². The Bertz CT molecular complexity index is 892. The van der Waals surface area contributed by atoms with Gasteiger partial charge >= 0.3 is 0 Å². The predicted molar refractivity (Wildman–Crippen MR) is 105 cm³/mol. The van der Waals surface area contributed by atoms with Gasteiger partial charge in [-0.1, -0.05) is 19.3 Å². The van der Waals surface area contributed by atoms with E-state index in [1.54, 1.807) is 32.2 Å². The second-order valence-corrected chi connectivity index (χ2v) is 7.82. The van der Waals surface area contributed by atoms with Gasteiger partial charge in [-0.2, -0.15) is 4.68 Å². The van der Waals surface area contributed by atoms with Gasteiger partial charge in [0.15, 0.2) is 0 Å². The predicted octanol–water partition coefficient (Wildman–Crippen LogP) is 1.68. The van der Waals surface area contributed by atoms with Crippen molar-refractivity contribution in [2.75, 3.05) is 26.7 Å². The smallest absolute Gasteiger partial charge is 0.254 e. The fourth-order valence-electron chi connectivity index (χ4n) is 4.74. The van der Waals surface area contributed by atoms with Gasteiger partial charge in [-0.3, -0.25) is 9.59 Å². The van der Waals surface area contributed by atoms with Crippen molar-refractivity contribution in [3.05, 3.63) is 30.1 Å². The number of tetrazole rings is 1. The van der Waals surface area contributed by atoms with Crippen LogP contribution in [0.3, 0.4) is 0 Å². The molecule has 2 heterocycles. The van der Waals surface area contributed by atoms with Crippen molar-refractivity contribution >= 4 is 11.8 Å². The van der Waals surface area contributed by atoms with E-state index < -0.39 is 0 Å². The zero-order chi connectivity index (χ0) is 20.4. The molecule has 0 radical (unpaired) electrons. The highest BCUT2D eigenvalue weighted by molar-refractivity contribution is 5.95. The number of hydrogen-bond acceptors (Lipinski definition) is 6. The van der Waals surface area contributed by atoms with Crippen molar-refractivity contribution in [3.8, 4) is 11.4 Å². The largest absolute Gasteiger partial charge is 0.494 e. The molecular formula is C20H26N6O3. The maximum Gasteiger partial charge on any atom is 0.254 e. The van der Waals surface area contributed by atoms with Crippen LogP contribution in [0.4, 0.5) is 0 Å². The Hall–Kier alpha value is -2.97. The van der Waals surface area contributed by atoms with Crippen molar-refractivity contribution in [1.29, 1.82) is 0 Å². The molecule has 1 aromatic carbocycles. The average molecular weight is 398 g/mol. The summed E-state index contributed by atoms with van der Waals surface area (Å²) < 4.78 is 6.87. The molecule has 2 aromatic rings. The standard InChI is InChI=1S/C20H26N6O3/c1-15(27)25-11-10-24(13-20(25)8-4-3-5-9-20)19(28)16-6-7-18(29-2)17(12-16)26-14-21-22-23-26/h6-7,12,14H,3-5,8-11,13H2,1-2H3. The van der Waals surface area contributed by atoms with Gasteiger partial charge in [0.2, 0.25) is 5.91 Å². The lowest BCUT2D eigenvalue weighted by Gasteiger charge is -2.52. The fraction of sp³-hybridized carbons (Fsp3) is 0.550. The van der Waals surface area contributed by atoms with Crippen LogP contribution in [0.15, 0.2) is 24.5 Å². The molecule has 1 saturated heterocycles. The van der Waals surface area contributed by atoms with Gasteiger partial charge in [-0.05, 0) is 41.5 Å². The number of carbonyl (C=O) groups excluding carboxylic acids is 2. The average Bonchev–Trinajstić information content (AvgIpc) is 3.27. The number of amides is 2. The molecular weight excluding hydrogens is 372 g/mol. The fourth-order valence-corrected chi connectivity index (χ4v) is 4.74. The summed E-state index contributed by atoms with van der Waals surface area (Å²) in [6, 6.07) is 5.27. The van der Waals surface area contributed by atoms with Gasteiger partial charge in [-0.15, -0.1) is 5.10 Å². The molecule has 2 fully saturated rings. The molecule has 1 saturated carbocycles. The summed E-state index contributed by atoms with van der Waals surface area (Å²) >= 11 is 0. The molecule has 0 atom stereocenters. The third kappa shape index (κ3) is 3.56. The van der Waals surface area contributed by atoms with Crippen LogP contribution >= 0.6 is 0 Å². The van der Waals surface area contributed by atoms with Crippen molar-refractivity contribution in [1.82, 2.24) is 30.0 Å². The molecule has 154 valence electrons. The van der Waals surface area contributed by atoms with E-state index in [-0.39, 0.29) is 17.4 Å². The molecule has 29 heavy (non-hydrogen) atoms. The summed E-state index contributed by atoms with van der Waals surface area (Å²) in [5.74, 6) is 0.638. The minimum Gasteiger partial charge on any atom is -0.494 e. The van der Waals surface area contributed by atoms with Gasteiger partial charge in [0, 0.05) is 32.1 Å². The Kier molecular flexibility index (Phi) is 5.21. The summed E-state index contributed by atoms with van der Waals surface area (Å²) in [7, 11) is 1.57.